The van der Waals surface area contributed by atoms with Gasteiger partial charge in [-0.05, 0) is 173 Å². The van der Waals surface area contributed by atoms with Crippen molar-refractivity contribution in [1.29, 1.82) is 0 Å². The summed E-state index contributed by atoms with van der Waals surface area (Å²) in [6, 6.07) is 8.79. The third-order valence-electron chi connectivity index (χ3n) is 17.9. The number of carbonyl (C=O) groups excluding carboxylic acids is 1. The van der Waals surface area contributed by atoms with Gasteiger partial charge in [0.15, 0.2) is 12.0 Å². The zero-order valence-corrected chi connectivity index (χ0v) is 51.3. The minimum Gasteiger partial charge on any atom is -1.00 e. The molecule has 4 unspecified atom stereocenters. The van der Waals surface area contributed by atoms with E-state index in [1.165, 1.54) is 60.2 Å². The number of halogens is 7. The van der Waals surface area contributed by atoms with Crippen molar-refractivity contribution in [2.45, 2.75) is 160 Å². The van der Waals surface area contributed by atoms with Crippen LogP contribution in [0.15, 0.2) is 71.1 Å². The van der Waals surface area contributed by atoms with E-state index < -0.39 is 29.2 Å². The maximum absolute atomic E-state index is 12.1. The molecular formula is C61H93ClF6Fe2N4O. The molecule has 4 atom stereocenters. The molecule has 0 bridgehead atoms. The van der Waals surface area contributed by atoms with Crippen molar-refractivity contribution in [2.75, 3.05) is 5.73 Å². The summed E-state index contributed by atoms with van der Waals surface area (Å²) in [6.07, 6.45) is 7.79. The first kappa shape index (κ1) is 76.4. The number of fused-ring (bicyclic) bond motifs is 4. The van der Waals surface area contributed by atoms with Gasteiger partial charge in [-0.25, -0.2) is 9.13 Å². The second-order valence-corrected chi connectivity index (χ2v) is 21.9. The van der Waals surface area contributed by atoms with Crippen LogP contribution in [0.2, 0.25) is 0 Å². The Morgan fingerprint density at radius 2 is 0.960 bits per heavy atom. The van der Waals surface area contributed by atoms with Crippen LogP contribution in [0.5, 0.6) is 0 Å². The van der Waals surface area contributed by atoms with Crippen molar-refractivity contribution in [2.24, 2.45) is 76.0 Å². The second-order valence-electron chi connectivity index (χ2n) is 21.9. The van der Waals surface area contributed by atoms with Crippen molar-refractivity contribution >= 4 is 23.8 Å². The van der Waals surface area contributed by atoms with Crippen LogP contribution in [0.25, 0.3) is 11.8 Å². The maximum atomic E-state index is 12.1. The fraction of sp³-hybridized carbons (Fsp3) is 0.590. The Kier molecular flexibility index (Phi) is 32.3. The van der Waals surface area contributed by atoms with Crippen molar-refractivity contribution in [3.8, 4) is 5.69 Å². The first-order chi connectivity index (χ1) is 31.6. The molecule has 0 radical (unpaired) electrons. The number of aldehydes is 1. The average Bonchev–Trinajstić information content (AvgIpc) is 4.11. The average molecular weight is 1160 g/mol. The second kappa shape index (κ2) is 31.7. The van der Waals surface area contributed by atoms with Crippen LogP contribution in [0.1, 0.15) is 156 Å². The molecule has 2 aliphatic heterocycles. The molecule has 9 rings (SSSR count). The first-order valence-corrected chi connectivity index (χ1v) is 25.3. The van der Waals surface area contributed by atoms with Gasteiger partial charge in [-0.1, -0.05) is 92.9 Å². The number of aliphatic imine (C=N–C) groups is 1. The molecule has 3 aromatic rings. The summed E-state index contributed by atoms with van der Waals surface area (Å²) >= 11 is 0. The number of hydrogen-bond donors (Lipinski definition) is 1. The topological polar surface area (TPSA) is 64.3 Å². The number of hydrogen-bond acceptors (Lipinski definition) is 3. The molecule has 14 heteroatoms. The SMILES string of the molecule is CC1=CC(C=O)=NC2CCCC12.CC1=Cc2c[n+](-c3cc(C)cc(C)c3)cn2C2CCCC12.CC1C(C)C(C)C(C)C1C.CC1C(C)C(C)C(C)C1C.Nc1cc(C(F)(F)F)cc(C(F)(F)F)c1.[CH3-].[CH3-].[CH3-].[CH3-].[Cl-].[Fe+2].[Fe+2]. The number of dihydropyridines is 1. The number of imidazole rings is 1. The fourth-order valence-electron chi connectivity index (χ4n) is 12.2. The number of carbonyl (C=O) groups is 1. The van der Waals surface area contributed by atoms with E-state index in [9.17, 15) is 31.1 Å². The molecule has 4 fully saturated rings. The summed E-state index contributed by atoms with van der Waals surface area (Å²) in [6.45, 7) is 32.7. The summed E-state index contributed by atoms with van der Waals surface area (Å²) in [5.41, 5.74) is 10.4. The van der Waals surface area contributed by atoms with Gasteiger partial charge in [0, 0.05) is 17.5 Å². The van der Waals surface area contributed by atoms with Gasteiger partial charge in [-0.2, -0.15) is 26.3 Å². The van der Waals surface area contributed by atoms with Gasteiger partial charge < -0.3 is 47.8 Å². The van der Waals surface area contributed by atoms with Gasteiger partial charge in [-0.3, -0.25) is 9.79 Å². The van der Waals surface area contributed by atoms with Crippen LogP contribution in [0.4, 0.5) is 32.0 Å². The number of aromatic nitrogens is 2. The summed E-state index contributed by atoms with van der Waals surface area (Å²) in [5, 5.41) is 0. The van der Waals surface area contributed by atoms with Crippen LogP contribution in [0.3, 0.4) is 0 Å². The Hall–Kier alpha value is -2.82. The van der Waals surface area contributed by atoms with Gasteiger partial charge in [-0.15, -0.1) is 0 Å². The van der Waals surface area contributed by atoms with E-state index in [2.05, 4.69) is 148 Å². The van der Waals surface area contributed by atoms with E-state index in [-0.39, 0.29) is 82.3 Å². The summed E-state index contributed by atoms with van der Waals surface area (Å²) in [5.74, 6) is 10.7. The fourth-order valence-corrected chi connectivity index (χ4v) is 12.2. The van der Waals surface area contributed by atoms with Gasteiger partial charge in [0.25, 0.3) is 0 Å². The number of nitrogens with zero attached hydrogens (tertiary/aromatic N) is 3. The van der Waals surface area contributed by atoms with E-state index in [1.54, 1.807) is 5.57 Å². The molecule has 5 nitrogen and oxygen atoms in total. The van der Waals surface area contributed by atoms with Crippen molar-refractivity contribution in [3.05, 3.63) is 124 Å². The number of allylic oxidation sites excluding steroid dienone is 2. The van der Waals surface area contributed by atoms with Gasteiger partial charge in [0.05, 0.1) is 22.9 Å². The Morgan fingerprint density at radius 1 is 0.573 bits per heavy atom. The molecule has 1 aromatic heterocycles. The molecule has 6 aliphatic rings. The minimum absolute atomic E-state index is 0. The van der Waals surface area contributed by atoms with E-state index in [0.29, 0.717) is 35.8 Å². The van der Waals surface area contributed by atoms with Crippen molar-refractivity contribution in [3.63, 3.8) is 0 Å². The standard InChI is InChI=1S/C19H23N2.C10H13NO.2C10H20.C8H5F6N.4CH3.ClH.2Fe/c1-13-7-14(2)9-16(8-13)20-11-17-10-15(3)18-5-4-6-19(18)21(17)12-20;1-7-5-8(6-12)11-10-4-2-3-9(7)10;2*1-6-7(2)9(4)10(5)8(6)3;9-7(10,11)4-1-5(8(12,13)14)3-6(15)2-4;;;;;;;/h7-12,18-19H,4-6H2,1-3H3;5-6,9-10H,2-4H2,1H3;2*6-10H,1-5H3;1-3H,15H2;4*1H3;1H;;/q+1;;;;;4*-1;;2*+2/p-1. The van der Waals surface area contributed by atoms with Crippen LogP contribution in [-0.2, 0) is 51.3 Å². The number of benzene rings is 2. The molecular weight excluding hydrogens is 1070 g/mol. The molecule has 0 spiro atoms. The van der Waals surface area contributed by atoms with Gasteiger partial charge in [0.1, 0.15) is 17.9 Å². The normalized spacial score (nSPS) is 29.4. The number of nitrogens with two attached hydrogens (primary N) is 1. The molecule has 2 aromatic carbocycles. The third kappa shape index (κ3) is 18.6. The largest absolute Gasteiger partial charge is 2.00 e. The quantitative estimate of drug-likeness (QED) is 0.0694. The van der Waals surface area contributed by atoms with Crippen molar-refractivity contribution < 1.29 is 82.2 Å². The van der Waals surface area contributed by atoms with E-state index in [1.807, 2.05) is 6.08 Å². The van der Waals surface area contributed by atoms with E-state index >= 15 is 0 Å². The zero-order valence-electron chi connectivity index (χ0n) is 48.4. The monoisotopic (exact) mass is 1160 g/mol. The third-order valence-corrected chi connectivity index (χ3v) is 17.9. The van der Waals surface area contributed by atoms with Crippen LogP contribution in [-0.4, -0.2) is 22.6 Å². The molecule has 0 amide bonds. The molecule has 3 heterocycles. The summed E-state index contributed by atoms with van der Waals surface area (Å²) in [7, 11) is 0. The molecule has 75 heavy (non-hydrogen) atoms. The van der Waals surface area contributed by atoms with Crippen LogP contribution < -0.4 is 22.7 Å². The molecule has 0 saturated heterocycles. The minimum atomic E-state index is -4.84. The summed E-state index contributed by atoms with van der Waals surface area (Å²) < 4.78 is 77.5. The Morgan fingerprint density at radius 3 is 1.36 bits per heavy atom. The first-order valence-electron chi connectivity index (χ1n) is 25.3. The van der Waals surface area contributed by atoms with Crippen molar-refractivity contribution in [1.82, 2.24) is 4.57 Å². The van der Waals surface area contributed by atoms with Crippen LogP contribution in [0, 0.1) is 115 Å². The van der Waals surface area contributed by atoms with Crippen LogP contribution >= 0.6 is 0 Å². The zero-order chi connectivity index (χ0) is 50.7. The van der Waals surface area contributed by atoms with Gasteiger partial charge in [0.2, 0.25) is 6.33 Å². The Bertz CT molecular complexity index is 2140. The number of alkyl halides is 6. The molecule has 428 valence electrons. The van der Waals surface area contributed by atoms with E-state index in [4.69, 9.17) is 5.73 Å². The number of anilines is 1. The number of aryl methyl sites for hydroxylation is 2. The van der Waals surface area contributed by atoms with Gasteiger partial charge >= 0.3 is 46.5 Å². The Balaban J connectivity index is -0.000000870. The predicted octanol–water partition coefficient (Wildman–Crippen LogP) is 14.4. The number of rotatable bonds is 2. The number of nitrogen functional groups attached to an aromatic ring is 1. The molecule has 2 N–H and O–H groups in total. The smallest absolute Gasteiger partial charge is 1.00 e. The summed E-state index contributed by atoms with van der Waals surface area (Å²) in [4.78, 5) is 14.9. The van der Waals surface area contributed by atoms with E-state index in [0.717, 1.165) is 77.8 Å². The maximum Gasteiger partial charge on any atom is 2.00 e. The Labute approximate surface area is 479 Å². The predicted molar refractivity (Wildman–Crippen MR) is 292 cm³/mol. The molecule has 4 saturated carbocycles. The molecule has 4 aliphatic carbocycles.